The maximum atomic E-state index is 9.54. The molecule has 1 aromatic carbocycles. The number of hydrogen-bond donors (Lipinski definition) is 1. The lowest BCUT2D eigenvalue weighted by Gasteiger charge is -2.07. The van der Waals surface area contributed by atoms with Crippen LogP contribution >= 0.6 is 11.8 Å². The molecule has 0 saturated heterocycles. The summed E-state index contributed by atoms with van der Waals surface area (Å²) in [6.45, 7) is 1.79. The van der Waals surface area contributed by atoms with E-state index in [2.05, 4.69) is 17.1 Å². The SMILES string of the molecule is CC(O)c1cccc(SCCc2ccncc2)c1. The minimum atomic E-state index is -0.397. The third-order valence-corrected chi connectivity index (χ3v) is 3.74. The van der Waals surface area contributed by atoms with Crippen LogP contribution in [0.4, 0.5) is 0 Å². The van der Waals surface area contributed by atoms with Gasteiger partial charge in [0.25, 0.3) is 0 Å². The Bertz CT molecular complexity index is 485. The van der Waals surface area contributed by atoms with Gasteiger partial charge in [0.05, 0.1) is 6.10 Å². The zero-order chi connectivity index (χ0) is 12.8. The Balaban J connectivity index is 1.89. The van der Waals surface area contributed by atoms with Crippen molar-refractivity contribution >= 4 is 11.8 Å². The molecular formula is C15H17NOS. The van der Waals surface area contributed by atoms with E-state index in [0.29, 0.717) is 0 Å². The van der Waals surface area contributed by atoms with Crippen molar-refractivity contribution < 1.29 is 5.11 Å². The van der Waals surface area contributed by atoms with Gasteiger partial charge in [-0.15, -0.1) is 11.8 Å². The molecule has 2 aromatic rings. The van der Waals surface area contributed by atoms with E-state index in [1.165, 1.54) is 10.5 Å². The Morgan fingerprint density at radius 2 is 2.00 bits per heavy atom. The third kappa shape index (κ3) is 3.86. The largest absolute Gasteiger partial charge is 0.389 e. The van der Waals surface area contributed by atoms with Gasteiger partial charge in [-0.3, -0.25) is 4.98 Å². The summed E-state index contributed by atoms with van der Waals surface area (Å²) in [6.07, 6.45) is 4.29. The molecular weight excluding hydrogens is 242 g/mol. The van der Waals surface area contributed by atoms with Gasteiger partial charge in [0, 0.05) is 23.0 Å². The molecule has 0 aliphatic heterocycles. The quantitative estimate of drug-likeness (QED) is 0.835. The molecule has 0 radical (unpaired) electrons. The van der Waals surface area contributed by atoms with Gasteiger partial charge in [-0.05, 0) is 48.7 Å². The third-order valence-electron chi connectivity index (χ3n) is 2.75. The summed E-state index contributed by atoms with van der Waals surface area (Å²) in [5.74, 6) is 1.03. The molecule has 1 aromatic heterocycles. The normalized spacial score (nSPS) is 12.3. The molecule has 18 heavy (non-hydrogen) atoms. The summed E-state index contributed by atoms with van der Waals surface area (Å²) >= 11 is 1.82. The fraction of sp³-hybridized carbons (Fsp3) is 0.267. The smallest absolute Gasteiger partial charge is 0.0762 e. The molecule has 0 fully saturated rings. The van der Waals surface area contributed by atoms with E-state index in [-0.39, 0.29) is 0 Å². The van der Waals surface area contributed by atoms with Gasteiger partial charge < -0.3 is 5.11 Å². The summed E-state index contributed by atoms with van der Waals surface area (Å²) in [7, 11) is 0. The lowest BCUT2D eigenvalue weighted by atomic mass is 10.1. The van der Waals surface area contributed by atoms with Crippen LogP contribution in [0.3, 0.4) is 0 Å². The highest BCUT2D eigenvalue weighted by Crippen LogP contribution is 2.23. The zero-order valence-electron chi connectivity index (χ0n) is 10.4. The second-order valence-electron chi connectivity index (χ2n) is 4.20. The molecule has 1 unspecified atom stereocenters. The van der Waals surface area contributed by atoms with Crippen LogP contribution in [0.15, 0.2) is 53.7 Å². The van der Waals surface area contributed by atoms with E-state index < -0.39 is 6.10 Å². The molecule has 0 amide bonds. The molecule has 0 spiro atoms. The Morgan fingerprint density at radius 1 is 1.22 bits per heavy atom. The van der Waals surface area contributed by atoms with E-state index in [4.69, 9.17) is 0 Å². The van der Waals surface area contributed by atoms with Crippen molar-refractivity contribution in [1.29, 1.82) is 0 Å². The van der Waals surface area contributed by atoms with Gasteiger partial charge in [0.2, 0.25) is 0 Å². The molecule has 0 aliphatic carbocycles. The van der Waals surface area contributed by atoms with Gasteiger partial charge in [-0.2, -0.15) is 0 Å². The van der Waals surface area contributed by atoms with Crippen LogP contribution in [0.1, 0.15) is 24.2 Å². The number of rotatable bonds is 5. The van der Waals surface area contributed by atoms with E-state index >= 15 is 0 Å². The van der Waals surface area contributed by atoms with Gasteiger partial charge in [-0.25, -0.2) is 0 Å². The highest BCUT2D eigenvalue weighted by molar-refractivity contribution is 7.99. The van der Waals surface area contributed by atoms with E-state index in [1.807, 2.05) is 48.4 Å². The van der Waals surface area contributed by atoms with Crippen LogP contribution in [-0.4, -0.2) is 15.8 Å². The highest BCUT2D eigenvalue weighted by Gasteiger charge is 2.02. The first-order valence-corrected chi connectivity index (χ1v) is 7.04. The van der Waals surface area contributed by atoms with Crippen molar-refractivity contribution in [1.82, 2.24) is 4.98 Å². The number of nitrogens with zero attached hydrogens (tertiary/aromatic N) is 1. The van der Waals surface area contributed by atoms with Crippen molar-refractivity contribution in [3.05, 3.63) is 59.9 Å². The molecule has 2 rings (SSSR count). The van der Waals surface area contributed by atoms with E-state index in [0.717, 1.165) is 17.7 Å². The minimum absolute atomic E-state index is 0.397. The summed E-state index contributed by atoms with van der Waals surface area (Å²) in [5, 5.41) is 9.54. The molecule has 0 bridgehead atoms. The predicted molar refractivity (Wildman–Crippen MR) is 75.7 cm³/mol. The average Bonchev–Trinajstić information content (AvgIpc) is 2.40. The average molecular weight is 259 g/mol. The number of aromatic nitrogens is 1. The standard InChI is InChI=1S/C15H17NOS/c1-12(17)14-3-2-4-15(11-14)18-10-7-13-5-8-16-9-6-13/h2-6,8-9,11-12,17H,7,10H2,1H3. The van der Waals surface area contributed by atoms with Crippen LogP contribution in [0.25, 0.3) is 0 Å². The minimum Gasteiger partial charge on any atom is -0.389 e. The molecule has 2 nitrogen and oxygen atoms in total. The summed E-state index contributed by atoms with van der Waals surface area (Å²) < 4.78 is 0. The van der Waals surface area contributed by atoms with Crippen molar-refractivity contribution in [2.75, 3.05) is 5.75 Å². The maximum Gasteiger partial charge on any atom is 0.0762 e. The number of aryl methyl sites for hydroxylation is 1. The van der Waals surface area contributed by atoms with Gasteiger partial charge in [0.1, 0.15) is 0 Å². The highest BCUT2D eigenvalue weighted by atomic mass is 32.2. The van der Waals surface area contributed by atoms with E-state index in [9.17, 15) is 5.11 Å². The lowest BCUT2D eigenvalue weighted by molar-refractivity contribution is 0.199. The monoisotopic (exact) mass is 259 g/mol. The molecule has 94 valence electrons. The maximum absolute atomic E-state index is 9.54. The first-order valence-electron chi connectivity index (χ1n) is 6.05. The summed E-state index contributed by atoms with van der Waals surface area (Å²) in [4.78, 5) is 5.22. The van der Waals surface area contributed by atoms with Crippen LogP contribution < -0.4 is 0 Å². The van der Waals surface area contributed by atoms with Crippen LogP contribution in [0.5, 0.6) is 0 Å². The zero-order valence-corrected chi connectivity index (χ0v) is 11.2. The number of hydrogen-bond acceptors (Lipinski definition) is 3. The van der Waals surface area contributed by atoms with Crippen molar-refractivity contribution in [2.24, 2.45) is 0 Å². The van der Waals surface area contributed by atoms with Crippen molar-refractivity contribution in [3.63, 3.8) is 0 Å². The molecule has 0 saturated carbocycles. The fourth-order valence-corrected chi connectivity index (χ4v) is 2.67. The Hall–Kier alpha value is -1.32. The van der Waals surface area contributed by atoms with E-state index in [1.54, 1.807) is 6.92 Å². The number of pyridine rings is 1. The Labute approximate surface area is 112 Å². The summed E-state index contributed by atoms with van der Waals surface area (Å²) in [5.41, 5.74) is 2.29. The number of aliphatic hydroxyl groups is 1. The number of benzene rings is 1. The lowest BCUT2D eigenvalue weighted by Crippen LogP contribution is -1.92. The molecule has 0 aliphatic rings. The fourth-order valence-electron chi connectivity index (χ4n) is 1.70. The Morgan fingerprint density at radius 3 is 2.72 bits per heavy atom. The topological polar surface area (TPSA) is 33.1 Å². The predicted octanol–water partition coefficient (Wildman–Crippen LogP) is 3.47. The van der Waals surface area contributed by atoms with Crippen molar-refractivity contribution in [2.45, 2.75) is 24.3 Å². The van der Waals surface area contributed by atoms with Crippen LogP contribution in [0, 0.1) is 0 Å². The second-order valence-corrected chi connectivity index (χ2v) is 5.37. The molecule has 3 heteroatoms. The first kappa shape index (κ1) is 13.1. The molecule has 1 atom stereocenters. The molecule has 1 heterocycles. The second kappa shape index (κ2) is 6.57. The van der Waals surface area contributed by atoms with Crippen LogP contribution in [-0.2, 0) is 6.42 Å². The van der Waals surface area contributed by atoms with Crippen LogP contribution in [0.2, 0.25) is 0 Å². The first-order chi connectivity index (χ1) is 8.75. The van der Waals surface area contributed by atoms with Gasteiger partial charge >= 0.3 is 0 Å². The molecule has 1 N–H and O–H groups in total. The van der Waals surface area contributed by atoms with Crippen molar-refractivity contribution in [3.8, 4) is 0 Å². The Kier molecular flexibility index (Phi) is 4.79. The number of thioether (sulfide) groups is 1. The van der Waals surface area contributed by atoms with Gasteiger partial charge in [-0.1, -0.05) is 12.1 Å². The van der Waals surface area contributed by atoms with Gasteiger partial charge in [0.15, 0.2) is 0 Å². The summed E-state index contributed by atoms with van der Waals surface area (Å²) in [6, 6.07) is 12.2. The number of aliphatic hydroxyl groups excluding tert-OH is 1.